The molecule has 2 heterocycles. The van der Waals surface area contributed by atoms with E-state index in [4.69, 9.17) is 5.11 Å². The van der Waals surface area contributed by atoms with Gasteiger partial charge in [0.1, 0.15) is 11.4 Å². The van der Waals surface area contributed by atoms with Crippen LogP contribution in [0, 0.1) is 5.82 Å². The molecule has 0 aromatic carbocycles. The zero-order valence-electron chi connectivity index (χ0n) is 7.46. The van der Waals surface area contributed by atoms with Crippen molar-refractivity contribution in [3.63, 3.8) is 0 Å². The van der Waals surface area contributed by atoms with Crippen LogP contribution >= 0.6 is 0 Å². The van der Waals surface area contributed by atoms with Crippen LogP contribution < -0.4 is 0 Å². The van der Waals surface area contributed by atoms with Gasteiger partial charge >= 0.3 is 5.97 Å². The summed E-state index contributed by atoms with van der Waals surface area (Å²) in [4.78, 5) is 14.5. The summed E-state index contributed by atoms with van der Waals surface area (Å²) in [5.74, 6) is -1.84. The van der Waals surface area contributed by atoms with Gasteiger partial charge in [-0.05, 0) is 12.1 Å². The van der Waals surface area contributed by atoms with Gasteiger partial charge < -0.3 is 5.11 Å². The lowest BCUT2D eigenvalue weighted by molar-refractivity contribution is 0.0695. The smallest absolute Gasteiger partial charge is 0.339 e. The molecule has 2 rings (SSSR count). The third-order valence-electron chi connectivity index (χ3n) is 1.79. The molecule has 0 amide bonds. The van der Waals surface area contributed by atoms with Crippen molar-refractivity contribution < 1.29 is 14.3 Å². The number of halogens is 1. The van der Waals surface area contributed by atoms with Crippen LogP contribution in [0.2, 0.25) is 0 Å². The first-order valence-corrected chi connectivity index (χ1v) is 4.07. The lowest BCUT2D eigenvalue weighted by atomic mass is 10.2. The van der Waals surface area contributed by atoms with Gasteiger partial charge in [-0.2, -0.15) is 5.10 Å². The zero-order chi connectivity index (χ0) is 10.8. The highest BCUT2D eigenvalue weighted by molar-refractivity contribution is 5.90. The van der Waals surface area contributed by atoms with E-state index in [0.29, 0.717) is 0 Å². The minimum atomic E-state index is -1.24. The van der Waals surface area contributed by atoms with E-state index in [1.807, 2.05) is 0 Å². The maximum atomic E-state index is 12.8. The van der Waals surface area contributed by atoms with Crippen molar-refractivity contribution in [3.8, 4) is 5.82 Å². The fourth-order valence-electron chi connectivity index (χ4n) is 1.17. The summed E-state index contributed by atoms with van der Waals surface area (Å²) in [5, 5.41) is 12.7. The Labute approximate surface area is 83.8 Å². The van der Waals surface area contributed by atoms with Gasteiger partial charge in [-0.25, -0.2) is 18.9 Å². The molecule has 0 bridgehead atoms. The number of hydrogen-bond acceptors (Lipinski definition) is 3. The van der Waals surface area contributed by atoms with Crippen LogP contribution in [-0.2, 0) is 0 Å². The molecule has 2 aromatic rings. The van der Waals surface area contributed by atoms with E-state index in [1.54, 1.807) is 6.07 Å². The topological polar surface area (TPSA) is 68.0 Å². The van der Waals surface area contributed by atoms with Gasteiger partial charge in [0.25, 0.3) is 0 Å². The molecule has 2 aromatic heterocycles. The molecule has 0 saturated carbocycles. The quantitative estimate of drug-likeness (QED) is 0.800. The van der Waals surface area contributed by atoms with Gasteiger partial charge in [0.05, 0.1) is 6.20 Å². The normalized spacial score (nSPS) is 10.2. The Balaban J connectivity index is 2.61. The molecule has 0 atom stereocenters. The van der Waals surface area contributed by atoms with E-state index in [9.17, 15) is 9.18 Å². The molecule has 0 aliphatic carbocycles. The molecule has 0 aliphatic rings. The number of carboxylic acid groups (broad SMARTS) is 1. The van der Waals surface area contributed by atoms with Crippen molar-refractivity contribution in [1.29, 1.82) is 0 Å². The summed E-state index contributed by atoms with van der Waals surface area (Å²) < 4.78 is 14.1. The summed E-state index contributed by atoms with van der Waals surface area (Å²) in [6.45, 7) is 0. The molecular weight excluding hydrogens is 201 g/mol. The summed E-state index contributed by atoms with van der Waals surface area (Å²) in [7, 11) is 0. The molecule has 0 radical (unpaired) electrons. The van der Waals surface area contributed by atoms with Crippen molar-refractivity contribution in [1.82, 2.24) is 14.8 Å². The average Bonchev–Trinajstić information content (AvgIpc) is 2.70. The number of nitrogens with zero attached hydrogens (tertiary/aromatic N) is 3. The molecule has 0 unspecified atom stereocenters. The lowest BCUT2D eigenvalue weighted by Crippen LogP contribution is -2.08. The molecule has 0 saturated heterocycles. The van der Waals surface area contributed by atoms with E-state index in [0.717, 1.165) is 12.3 Å². The highest BCUT2D eigenvalue weighted by Gasteiger charge is 2.14. The SMILES string of the molecule is O=C(O)c1cc(F)cnc1-n1cccn1. The van der Waals surface area contributed by atoms with E-state index >= 15 is 0 Å². The van der Waals surface area contributed by atoms with Crippen LogP contribution in [0.25, 0.3) is 5.82 Å². The summed E-state index contributed by atoms with van der Waals surface area (Å²) in [5.41, 5.74) is -0.223. The number of hydrogen-bond donors (Lipinski definition) is 1. The summed E-state index contributed by atoms with van der Waals surface area (Å²) >= 11 is 0. The van der Waals surface area contributed by atoms with Gasteiger partial charge in [0, 0.05) is 12.4 Å². The highest BCUT2D eigenvalue weighted by atomic mass is 19.1. The van der Waals surface area contributed by atoms with Crippen molar-refractivity contribution >= 4 is 5.97 Å². The standard InChI is InChI=1S/C9H6FN3O2/c10-6-4-7(9(14)15)8(11-5-6)13-3-1-2-12-13/h1-5H,(H,14,15). The predicted octanol–water partition coefficient (Wildman–Crippen LogP) is 1.10. The molecule has 0 fully saturated rings. The van der Waals surface area contributed by atoms with Crippen LogP contribution in [-0.4, -0.2) is 25.8 Å². The second-order valence-electron chi connectivity index (χ2n) is 2.78. The van der Waals surface area contributed by atoms with Crippen LogP contribution in [0.15, 0.2) is 30.7 Å². The van der Waals surface area contributed by atoms with Gasteiger partial charge in [-0.15, -0.1) is 0 Å². The second kappa shape index (κ2) is 3.49. The number of aromatic nitrogens is 3. The van der Waals surface area contributed by atoms with Crippen molar-refractivity contribution in [3.05, 3.63) is 42.1 Å². The van der Waals surface area contributed by atoms with Gasteiger partial charge in [-0.3, -0.25) is 0 Å². The van der Waals surface area contributed by atoms with Crippen molar-refractivity contribution in [2.24, 2.45) is 0 Å². The van der Waals surface area contributed by atoms with E-state index in [-0.39, 0.29) is 11.4 Å². The minimum absolute atomic E-state index is 0.0916. The molecule has 0 aliphatic heterocycles. The molecule has 0 spiro atoms. The molecule has 76 valence electrons. The maximum absolute atomic E-state index is 12.8. The number of pyridine rings is 1. The first kappa shape index (κ1) is 9.32. The fourth-order valence-corrected chi connectivity index (χ4v) is 1.17. The fraction of sp³-hybridized carbons (Fsp3) is 0. The Bertz CT molecular complexity index is 496. The van der Waals surface area contributed by atoms with E-state index in [1.165, 1.54) is 17.1 Å². The highest BCUT2D eigenvalue weighted by Crippen LogP contribution is 2.11. The second-order valence-corrected chi connectivity index (χ2v) is 2.78. The first-order valence-electron chi connectivity index (χ1n) is 4.07. The Hall–Kier alpha value is -2.24. The monoisotopic (exact) mass is 207 g/mol. The van der Waals surface area contributed by atoms with Crippen LogP contribution in [0.4, 0.5) is 4.39 Å². The number of carboxylic acids is 1. The third kappa shape index (κ3) is 1.69. The first-order chi connectivity index (χ1) is 7.18. The zero-order valence-corrected chi connectivity index (χ0v) is 7.46. The van der Waals surface area contributed by atoms with Gasteiger partial charge in [-0.1, -0.05) is 0 Å². The van der Waals surface area contributed by atoms with Crippen molar-refractivity contribution in [2.75, 3.05) is 0 Å². The molecule has 5 nitrogen and oxygen atoms in total. The number of rotatable bonds is 2. The Morgan fingerprint density at radius 3 is 2.93 bits per heavy atom. The minimum Gasteiger partial charge on any atom is -0.478 e. The van der Waals surface area contributed by atoms with Gasteiger partial charge in [0.2, 0.25) is 0 Å². The van der Waals surface area contributed by atoms with Crippen LogP contribution in [0.3, 0.4) is 0 Å². The summed E-state index contributed by atoms with van der Waals surface area (Å²) in [6, 6.07) is 2.53. The van der Waals surface area contributed by atoms with Crippen molar-refractivity contribution in [2.45, 2.75) is 0 Å². The van der Waals surface area contributed by atoms with Crippen LogP contribution in [0.1, 0.15) is 10.4 Å². The maximum Gasteiger partial charge on any atom is 0.339 e. The lowest BCUT2D eigenvalue weighted by Gasteiger charge is -2.04. The summed E-state index contributed by atoms with van der Waals surface area (Å²) in [6.07, 6.45) is 3.97. The predicted molar refractivity (Wildman–Crippen MR) is 48.3 cm³/mol. The Morgan fingerprint density at radius 2 is 2.33 bits per heavy atom. The van der Waals surface area contributed by atoms with E-state index in [2.05, 4.69) is 10.1 Å². The molecular formula is C9H6FN3O2. The van der Waals surface area contributed by atoms with E-state index < -0.39 is 11.8 Å². The Morgan fingerprint density at radius 1 is 1.53 bits per heavy atom. The average molecular weight is 207 g/mol. The van der Waals surface area contributed by atoms with Gasteiger partial charge in [0.15, 0.2) is 5.82 Å². The Kier molecular flexibility index (Phi) is 2.17. The third-order valence-corrected chi connectivity index (χ3v) is 1.79. The number of aromatic carboxylic acids is 1. The molecule has 15 heavy (non-hydrogen) atoms. The van der Waals surface area contributed by atoms with Crippen LogP contribution in [0.5, 0.6) is 0 Å². The number of carbonyl (C=O) groups is 1. The largest absolute Gasteiger partial charge is 0.478 e. The molecule has 1 N–H and O–H groups in total. The molecule has 6 heteroatoms.